The zero-order chi connectivity index (χ0) is 15.6. The molecule has 2 rings (SSSR count). The zero-order valence-corrected chi connectivity index (χ0v) is 11.4. The quantitative estimate of drug-likeness (QED) is 0.560. The van der Waals surface area contributed by atoms with E-state index in [1.807, 2.05) is 0 Å². The van der Waals surface area contributed by atoms with Crippen LogP contribution in [0.1, 0.15) is 11.8 Å². The van der Waals surface area contributed by atoms with Crippen LogP contribution in [0.3, 0.4) is 0 Å². The van der Waals surface area contributed by atoms with Crippen LogP contribution in [0.2, 0.25) is 0 Å². The molecule has 1 aliphatic heterocycles. The van der Waals surface area contributed by atoms with Crippen molar-refractivity contribution in [3.8, 4) is 12.3 Å². The van der Waals surface area contributed by atoms with Crippen molar-refractivity contribution >= 4 is 0 Å². The molecule has 21 heavy (non-hydrogen) atoms. The maximum absolute atomic E-state index is 11.8. The third-order valence-electron chi connectivity index (χ3n) is 3.27. The van der Waals surface area contributed by atoms with Crippen LogP contribution in [-0.2, 0) is 9.47 Å². The summed E-state index contributed by atoms with van der Waals surface area (Å²) in [6.07, 6.45) is 2.40. The summed E-state index contributed by atoms with van der Waals surface area (Å²) in [4.78, 5) is 25.3. The van der Waals surface area contributed by atoms with Gasteiger partial charge in [0.2, 0.25) is 0 Å². The third kappa shape index (κ3) is 2.91. The highest BCUT2D eigenvalue weighted by atomic mass is 16.6. The van der Waals surface area contributed by atoms with E-state index in [2.05, 4.69) is 10.9 Å². The first-order chi connectivity index (χ1) is 9.99. The lowest BCUT2D eigenvalue weighted by molar-refractivity contribution is -0.0588. The third-order valence-corrected chi connectivity index (χ3v) is 3.27. The molecular formula is C13H16N2O6. The number of H-pyrrole nitrogens is 1. The molecule has 0 aliphatic carbocycles. The van der Waals surface area contributed by atoms with Gasteiger partial charge in [0.15, 0.2) is 6.23 Å². The highest BCUT2D eigenvalue weighted by Gasteiger charge is 2.45. The summed E-state index contributed by atoms with van der Waals surface area (Å²) in [7, 11) is 0. The molecule has 1 saturated heterocycles. The topological polar surface area (TPSA) is 114 Å². The minimum absolute atomic E-state index is 0.0617. The highest BCUT2D eigenvalue weighted by molar-refractivity contribution is 5.03. The maximum Gasteiger partial charge on any atom is 0.330 e. The van der Waals surface area contributed by atoms with Crippen LogP contribution < -0.4 is 11.2 Å². The van der Waals surface area contributed by atoms with Crippen molar-refractivity contribution in [3.05, 3.63) is 32.6 Å². The summed E-state index contributed by atoms with van der Waals surface area (Å²) in [6.45, 7) is 1.06. The molecule has 0 saturated carbocycles. The molecule has 8 nitrogen and oxygen atoms in total. The monoisotopic (exact) mass is 296 g/mol. The Hall–Kier alpha value is -1.92. The molecule has 114 valence electrons. The van der Waals surface area contributed by atoms with E-state index in [1.54, 1.807) is 0 Å². The summed E-state index contributed by atoms with van der Waals surface area (Å²) in [6, 6.07) is 0. The Morgan fingerprint density at radius 1 is 1.57 bits per heavy atom. The van der Waals surface area contributed by atoms with Gasteiger partial charge in [-0.15, -0.1) is 6.42 Å². The van der Waals surface area contributed by atoms with Gasteiger partial charge in [0.25, 0.3) is 5.56 Å². The molecule has 1 aliphatic rings. The molecule has 8 heteroatoms. The number of aliphatic hydroxyl groups excluding tert-OH is 2. The van der Waals surface area contributed by atoms with Crippen molar-refractivity contribution < 1.29 is 19.7 Å². The van der Waals surface area contributed by atoms with Crippen LogP contribution in [0.25, 0.3) is 0 Å². The Morgan fingerprint density at radius 3 is 2.90 bits per heavy atom. The normalized spacial score (nSPS) is 28.5. The molecule has 0 amide bonds. The zero-order valence-electron chi connectivity index (χ0n) is 11.4. The molecule has 2 heterocycles. The molecule has 0 aromatic carbocycles. The molecule has 0 bridgehead atoms. The number of aryl methyl sites for hydroxylation is 1. The van der Waals surface area contributed by atoms with E-state index in [0.717, 1.165) is 4.57 Å². The fourth-order valence-corrected chi connectivity index (χ4v) is 2.22. The smallest absolute Gasteiger partial charge is 0.330 e. The molecule has 0 radical (unpaired) electrons. The summed E-state index contributed by atoms with van der Waals surface area (Å²) in [5, 5.41) is 19.5. The fraction of sp³-hybridized carbons (Fsp3) is 0.538. The number of hydrogen-bond donors (Lipinski definition) is 3. The SMILES string of the molecule is C#CCO[C@H]1[C@@H](O)[C@H](n2cc(C)c(=O)[nH]c2=O)O[C@@H]1CO. The van der Waals surface area contributed by atoms with Crippen LogP contribution in [0, 0.1) is 19.3 Å². The van der Waals surface area contributed by atoms with E-state index >= 15 is 0 Å². The van der Waals surface area contributed by atoms with E-state index < -0.39 is 42.4 Å². The number of rotatable bonds is 4. The fourth-order valence-electron chi connectivity index (χ4n) is 2.22. The van der Waals surface area contributed by atoms with Crippen LogP contribution >= 0.6 is 0 Å². The number of ether oxygens (including phenoxy) is 2. The Balaban J connectivity index is 2.33. The second-order valence-corrected chi connectivity index (χ2v) is 4.70. The molecular weight excluding hydrogens is 280 g/mol. The van der Waals surface area contributed by atoms with E-state index in [0.29, 0.717) is 5.56 Å². The van der Waals surface area contributed by atoms with Crippen molar-refractivity contribution in [2.24, 2.45) is 0 Å². The first kappa shape index (κ1) is 15.5. The van der Waals surface area contributed by atoms with Gasteiger partial charge in [-0.25, -0.2) is 4.79 Å². The Bertz CT molecular complexity index is 658. The predicted molar refractivity (Wildman–Crippen MR) is 71.6 cm³/mol. The van der Waals surface area contributed by atoms with Crippen LogP contribution in [0.5, 0.6) is 0 Å². The minimum atomic E-state index is -1.21. The molecule has 0 unspecified atom stereocenters. The van der Waals surface area contributed by atoms with Gasteiger partial charge >= 0.3 is 5.69 Å². The Morgan fingerprint density at radius 2 is 2.29 bits per heavy atom. The summed E-state index contributed by atoms with van der Waals surface area (Å²) < 4.78 is 11.8. The number of hydrogen-bond acceptors (Lipinski definition) is 6. The van der Waals surface area contributed by atoms with Gasteiger partial charge < -0.3 is 19.7 Å². The van der Waals surface area contributed by atoms with Crippen LogP contribution in [0.15, 0.2) is 15.8 Å². The Kier molecular flexibility index (Phi) is 4.59. The van der Waals surface area contributed by atoms with Gasteiger partial charge in [-0.1, -0.05) is 5.92 Å². The lowest BCUT2D eigenvalue weighted by Gasteiger charge is -2.19. The first-order valence-corrected chi connectivity index (χ1v) is 6.31. The summed E-state index contributed by atoms with van der Waals surface area (Å²) >= 11 is 0. The summed E-state index contributed by atoms with van der Waals surface area (Å²) in [5.74, 6) is 2.26. The van der Waals surface area contributed by atoms with E-state index in [9.17, 15) is 19.8 Å². The van der Waals surface area contributed by atoms with Crippen molar-refractivity contribution in [3.63, 3.8) is 0 Å². The van der Waals surface area contributed by atoms with Gasteiger partial charge in [0, 0.05) is 11.8 Å². The second kappa shape index (κ2) is 6.24. The van der Waals surface area contributed by atoms with Gasteiger partial charge in [-0.2, -0.15) is 0 Å². The highest BCUT2D eigenvalue weighted by Crippen LogP contribution is 2.30. The van der Waals surface area contributed by atoms with Gasteiger partial charge in [0.05, 0.1) is 6.61 Å². The van der Waals surface area contributed by atoms with Gasteiger partial charge in [-0.05, 0) is 6.92 Å². The molecule has 3 N–H and O–H groups in total. The average Bonchev–Trinajstić information content (AvgIpc) is 2.77. The van der Waals surface area contributed by atoms with Crippen molar-refractivity contribution in [1.82, 2.24) is 9.55 Å². The number of nitrogens with zero attached hydrogens (tertiary/aromatic N) is 1. The van der Waals surface area contributed by atoms with E-state index in [4.69, 9.17) is 15.9 Å². The molecule has 1 fully saturated rings. The summed E-state index contributed by atoms with van der Waals surface area (Å²) in [5.41, 5.74) is -0.939. The molecule has 1 aromatic heterocycles. The number of nitrogens with one attached hydrogen (secondary N) is 1. The van der Waals surface area contributed by atoms with Gasteiger partial charge in [0.1, 0.15) is 24.9 Å². The lowest BCUT2D eigenvalue weighted by Crippen LogP contribution is -2.39. The van der Waals surface area contributed by atoms with Gasteiger partial charge in [-0.3, -0.25) is 14.3 Å². The van der Waals surface area contributed by atoms with Crippen molar-refractivity contribution in [2.45, 2.75) is 31.5 Å². The molecule has 1 aromatic rings. The average molecular weight is 296 g/mol. The second-order valence-electron chi connectivity index (χ2n) is 4.70. The largest absolute Gasteiger partial charge is 0.394 e. The predicted octanol–water partition coefficient (Wildman–Crippen LogP) is -1.89. The van der Waals surface area contributed by atoms with Crippen LogP contribution in [-0.4, -0.2) is 51.3 Å². The van der Waals surface area contributed by atoms with Crippen LogP contribution in [0.4, 0.5) is 0 Å². The number of aromatic nitrogens is 2. The number of aromatic amines is 1. The maximum atomic E-state index is 11.8. The lowest BCUT2D eigenvalue weighted by atomic mass is 10.1. The number of terminal acetylenes is 1. The number of aliphatic hydroxyl groups is 2. The Labute approximate surface area is 119 Å². The van der Waals surface area contributed by atoms with Crippen molar-refractivity contribution in [1.29, 1.82) is 0 Å². The minimum Gasteiger partial charge on any atom is -0.394 e. The van der Waals surface area contributed by atoms with E-state index in [1.165, 1.54) is 13.1 Å². The standard InChI is InChI=1S/C13H16N2O6/c1-3-4-20-10-8(6-16)21-12(9(10)17)15-5-7(2)11(18)14-13(15)19/h1,5,8-10,12,16-17H,4,6H2,2H3,(H,14,18,19)/t8-,9-,10-,12-/m1/s1. The first-order valence-electron chi connectivity index (χ1n) is 6.31. The van der Waals surface area contributed by atoms with E-state index in [-0.39, 0.29) is 6.61 Å². The molecule has 0 spiro atoms. The molecule has 4 atom stereocenters. The van der Waals surface area contributed by atoms with Crippen molar-refractivity contribution in [2.75, 3.05) is 13.2 Å².